The number of amides is 1. The third-order valence-corrected chi connectivity index (χ3v) is 3.98. The van der Waals surface area contributed by atoms with Crippen molar-refractivity contribution in [2.24, 2.45) is 0 Å². The van der Waals surface area contributed by atoms with Gasteiger partial charge in [0.15, 0.2) is 11.2 Å². The number of thioether (sulfide) groups is 1. The second-order valence-corrected chi connectivity index (χ2v) is 5.63. The van der Waals surface area contributed by atoms with Crippen molar-refractivity contribution in [3.8, 4) is 11.5 Å². The Morgan fingerprint density at radius 2 is 2.17 bits per heavy atom. The topological polar surface area (TPSA) is 86.5 Å². The summed E-state index contributed by atoms with van der Waals surface area (Å²) in [7, 11) is 3.10. The van der Waals surface area contributed by atoms with Crippen LogP contribution in [-0.4, -0.2) is 35.8 Å². The normalized spacial score (nSPS) is 10.6. The van der Waals surface area contributed by atoms with E-state index in [2.05, 4.69) is 15.3 Å². The third-order valence-electron chi connectivity index (χ3n) is 3.15. The Morgan fingerprint density at radius 1 is 1.29 bits per heavy atom. The lowest BCUT2D eigenvalue weighted by molar-refractivity contribution is -0.113. The standard InChI is InChI=1S/C16H15N3O4S/c1-21-10-5-6-12(22-2)11(8-10)18-14(20)9-24-16-19-15-13(23-16)4-3-7-17-15/h3-8H,9H2,1-2H3,(H,18,20). The number of hydrogen-bond acceptors (Lipinski definition) is 7. The van der Waals surface area contributed by atoms with E-state index in [1.165, 1.54) is 18.9 Å². The summed E-state index contributed by atoms with van der Waals surface area (Å²) in [5, 5.41) is 3.19. The number of nitrogens with one attached hydrogen (secondary N) is 1. The second kappa shape index (κ2) is 7.22. The predicted molar refractivity (Wildman–Crippen MR) is 90.7 cm³/mol. The molecule has 8 heteroatoms. The first-order chi connectivity index (χ1) is 11.7. The summed E-state index contributed by atoms with van der Waals surface area (Å²) < 4.78 is 15.9. The molecule has 0 spiro atoms. The van der Waals surface area contributed by atoms with Gasteiger partial charge in [0.1, 0.15) is 11.5 Å². The van der Waals surface area contributed by atoms with E-state index in [4.69, 9.17) is 13.9 Å². The van der Waals surface area contributed by atoms with Crippen LogP contribution in [0.4, 0.5) is 5.69 Å². The molecule has 3 aromatic rings. The maximum Gasteiger partial charge on any atom is 0.258 e. The van der Waals surface area contributed by atoms with Gasteiger partial charge in [-0.1, -0.05) is 11.8 Å². The highest BCUT2D eigenvalue weighted by Crippen LogP contribution is 2.29. The van der Waals surface area contributed by atoms with Crippen molar-refractivity contribution in [3.05, 3.63) is 36.5 Å². The van der Waals surface area contributed by atoms with Crippen LogP contribution in [-0.2, 0) is 4.79 Å². The quantitative estimate of drug-likeness (QED) is 0.687. The minimum atomic E-state index is -0.207. The smallest absolute Gasteiger partial charge is 0.258 e. The van der Waals surface area contributed by atoms with Gasteiger partial charge in [-0.25, -0.2) is 4.98 Å². The molecule has 0 aliphatic heterocycles. The fourth-order valence-electron chi connectivity index (χ4n) is 2.04. The van der Waals surface area contributed by atoms with Gasteiger partial charge < -0.3 is 19.2 Å². The highest BCUT2D eigenvalue weighted by atomic mass is 32.2. The number of ether oxygens (including phenoxy) is 2. The lowest BCUT2D eigenvalue weighted by atomic mass is 10.2. The van der Waals surface area contributed by atoms with Crippen LogP contribution in [0.25, 0.3) is 11.2 Å². The molecule has 124 valence electrons. The molecule has 7 nitrogen and oxygen atoms in total. The number of rotatable bonds is 6. The number of aromatic nitrogens is 2. The summed E-state index contributed by atoms with van der Waals surface area (Å²) in [4.78, 5) is 20.5. The van der Waals surface area contributed by atoms with Gasteiger partial charge in [-0.15, -0.1) is 0 Å². The first-order valence-electron chi connectivity index (χ1n) is 7.06. The van der Waals surface area contributed by atoms with Crippen LogP contribution in [0, 0.1) is 0 Å². The Morgan fingerprint density at radius 3 is 2.92 bits per heavy atom. The number of anilines is 1. The summed E-state index contributed by atoms with van der Waals surface area (Å²) in [6, 6.07) is 8.73. The zero-order chi connectivity index (χ0) is 16.9. The lowest BCUT2D eigenvalue weighted by Gasteiger charge is -2.11. The Bertz CT molecular complexity index is 832. The van der Waals surface area contributed by atoms with Crippen molar-refractivity contribution in [1.29, 1.82) is 0 Å². The molecule has 0 unspecified atom stereocenters. The largest absolute Gasteiger partial charge is 0.497 e. The van der Waals surface area contributed by atoms with Crippen molar-refractivity contribution in [2.75, 3.05) is 25.3 Å². The van der Waals surface area contributed by atoms with Gasteiger partial charge in [-0.2, -0.15) is 4.98 Å². The van der Waals surface area contributed by atoms with Gasteiger partial charge in [-0.3, -0.25) is 4.79 Å². The fraction of sp³-hybridized carbons (Fsp3) is 0.188. The Kier molecular flexibility index (Phi) is 4.85. The van der Waals surface area contributed by atoms with Crippen LogP contribution in [0.15, 0.2) is 46.2 Å². The molecule has 3 rings (SSSR count). The molecule has 2 heterocycles. The zero-order valence-corrected chi connectivity index (χ0v) is 13.9. The molecule has 0 aliphatic carbocycles. The van der Waals surface area contributed by atoms with Crippen LogP contribution in [0.3, 0.4) is 0 Å². The Labute approximate surface area is 142 Å². The predicted octanol–water partition coefficient (Wildman–Crippen LogP) is 2.97. The minimum Gasteiger partial charge on any atom is -0.497 e. The summed E-state index contributed by atoms with van der Waals surface area (Å²) in [5.74, 6) is 1.12. The average Bonchev–Trinajstić information content (AvgIpc) is 3.03. The monoisotopic (exact) mass is 345 g/mol. The number of hydrogen-bond donors (Lipinski definition) is 1. The van der Waals surface area contributed by atoms with Crippen LogP contribution in [0.5, 0.6) is 11.5 Å². The van der Waals surface area contributed by atoms with Gasteiger partial charge in [0, 0.05) is 12.3 Å². The first kappa shape index (κ1) is 16.1. The molecular formula is C16H15N3O4S. The number of carbonyl (C=O) groups is 1. The minimum absolute atomic E-state index is 0.146. The van der Waals surface area contributed by atoms with Crippen LogP contribution in [0.2, 0.25) is 0 Å². The van der Waals surface area contributed by atoms with Gasteiger partial charge >= 0.3 is 0 Å². The summed E-state index contributed by atoms with van der Waals surface area (Å²) in [6.45, 7) is 0. The molecule has 1 N–H and O–H groups in total. The second-order valence-electron chi connectivity index (χ2n) is 4.71. The average molecular weight is 345 g/mol. The van der Waals surface area contributed by atoms with Gasteiger partial charge in [0.25, 0.3) is 5.22 Å². The van der Waals surface area contributed by atoms with Gasteiger partial charge in [-0.05, 0) is 24.3 Å². The number of carbonyl (C=O) groups excluding carboxylic acids is 1. The van der Waals surface area contributed by atoms with Crippen LogP contribution < -0.4 is 14.8 Å². The van der Waals surface area contributed by atoms with Crippen LogP contribution in [0.1, 0.15) is 0 Å². The fourth-order valence-corrected chi connectivity index (χ4v) is 2.66. The van der Waals surface area contributed by atoms with Crippen molar-refractivity contribution in [3.63, 3.8) is 0 Å². The Balaban J connectivity index is 1.65. The van der Waals surface area contributed by atoms with Gasteiger partial charge in [0.2, 0.25) is 5.91 Å². The van der Waals surface area contributed by atoms with E-state index in [1.54, 1.807) is 43.6 Å². The number of methoxy groups -OCH3 is 2. The van der Waals surface area contributed by atoms with E-state index in [9.17, 15) is 4.79 Å². The molecule has 0 aliphatic rings. The van der Waals surface area contributed by atoms with E-state index in [-0.39, 0.29) is 11.7 Å². The van der Waals surface area contributed by atoms with Crippen LogP contribution >= 0.6 is 11.8 Å². The van der Waals surface area contributed by atoms with Gasteiger partial charge in [0.05, 0.1) is 25.7 Å². The number of fused-ring (bicyclic) bond motifs is 1. The lowest BCUT2D eigenvalue weighted by Crippen LogP contribution is -2.14. The van der Waals surface area contributed by atoms with E-state index in [0.29, 0.717) is 33.6 Å². The molecule has 1 aromatic carbocycles. The highest BCUT2D eigenvalue weighted by Gasteiger charge is 2.12. The number of nitrogens with zero attached hydrogens (tertiary/aromatic N) is 2. The number of benzene rings is 1. The molecule has 0 fully saturated rings. The molecular weight excluding hydrogens is 330 g/mol. The van der Waals surface area contributed by atoms with Crippen molar-refractivity contribution in [1.82, 2.24) is 9.97 Å². The molecule has 0 bridgehead atoms. The molecule has 0 radical (unpaired) electrons. The maximum atomic E-state index is 12.2. The van der Waals surface area contributed by atoms with Crippen molar-refractivity contribution >= 4 is 34.6 Å². The highest BCUT2D eigenvalue weighted by molar-refractivity contribution is 7.99. The van der Waals surface area contributed by atoms with E-state index >= 15 is 0 Å². The number of oxazole rings is 1. The van der Waals surface area contributed by atoms with Crippen molar-refractivity contribution in [2.45, 2.75) is 5.22 Å². The molecule has 0 atom stereocenters. The van der Waals surface area contributed by atoms with Crippen molar-refractivity contribution < 1.29 is 18.7 Å². The summed E-state index contributed by atoms with van der Waals surface area (Å²) in [6.07, 6.45) is 1.64. The number of pyridine rings is 1. The van der Waals surface area contributed by atoms with E-state index in [1.807, 2.05) is 0 Å². The molecule has 2 aromatic heterocycles. The maximum absolute atomic E-state index is 12.2. The third kappa shape index (κ3) is 3.60. The summed E-state index contributed by atoms with van der Waals surface area (Å²) >= 11 is 1.20. The SMILES string of the molecule is COc1ccc(OC)c(NC(=O)CSc2nc3ncccc3o2)c1. The molecule has 0 saturated carbocycles. The zero-order valence-electron chi connectivity index (χ0n) is 13.1. The molecule has 1 amide bonds. The first-order valence-corrected chi connectivity index (χ1v) is 8.04. The van der Waals surface area contributed by atoms with E-state index in [0.717, 1.165) is 0 Å². The summed E-state index contributed by atoms with van der Waals surface area (Å²) in [5.41, 5.74) is 1.66. The molecule has 24 heavy (non-hydrogen) atoms. The van der Waals surface area contributed by atoms with E-state index < -0.39 is 0 Å². The molecule has 0 saturated heterocycles. The Hall–Kier alpha value is -2.74.